The van der Waals surface area contributed by atoms with E-state index in [1.807, 2.05) is 45.9 Å². The Kier molecular flexibility index (Phi) is 4.62. The Balaban J connectivity index is 2.13. The molecule has 0 radical (unpaired) electrons. The highest BCUT2D eigenvalue weighted by Gasteiger charge is 2.14. The average Bonchev–Trinajstić information content (AvgIpc) is 2.45. The van der Waals surface area contributed by atoms with Crippen molar-refractivity contribution in [2.24, 2.45) is 0 Å². The molecule has 0 saturated heterocycles. The van der Waals surface area contributed by atoms with Crippen molar-refractivity contribution < 1.29 is 4.74 Å². The topological polar surface area (TPSA) is 70.8 Å². The Morgan fingerprint density at radius 1 is 1.23 bits per heavy atom. The maximum absolute atomic E-state index is 8.72. The highest BCUT2D eigenvalue weighted by Crippen LogP contribution is 2.25. The molecule has 0 unspecified atom stereocenters. The van der Waals surface area contributed by atoms with E-state index in [4.69, 9.17) is 10.00 Å². The van der Waals surface area contributed by atoms with Crippen LogP contribution in [0.4, 0.5) is 5.82 Å². The summed E-state index contributed by atoms with van der Waals surface area (Å²) < 4.78 is 6.02. The van der Waals surface area contributed by atoms with Gasteiger partial charge in [-0.05, 0) is 39.3 Å². The number of anilines is 1. The van der Waals surface area contributed by atoms with Gasteiger partial charge >= 0.3 is 0 Å². The fourth-order valence-electron chi connectivity index (χ4n) is 1.90. The summed E-state index contributed by atoms with van der Waals surface area (Å²) >= 11 is 0. The molecule has 2 aromatic rings. The Hall–Kier alpha value is -2.61. The number of rotatable bonds is 4. The van der Waals surface area contributed by atoms with Crippen LogP contribution in [-0.2, 0) is 6.54 Å². The lowest BCUT2D eigenvalue weighted by Gasteiger charge is -2.24. The van der Waals surface area contributed by atoms with Crippen molar-refractivity contribution in [1.82, 2.24) is 9.97 Å². The lowest BCUT2D eigenvalue weighted by molar-refractivity contribution is 0.129. The molecule has 1 heterocycles. The van der Waals surface area contributed by atoms with Crippen molar-refractivity contribution in [1.29, 1.82) is 5.26 Å². The minimum atomic E-state index is -0.253. The Morgan fingerprint density at radius 3 is 2.59 bits per heavy atom. The van der Waals surface area contributed by atoms with Gasteiger partial charge in [-0.3, -0.25) is 0 Å². The van der Waals surface area contributed by atoms with Crippen LogP contribution < -0.4 is 10.1 Å². The molecule has 5 nitrogen and oxygen atoms in total. The van der Waals surface area contributed by atoms with Gasteiger partial charge in [0, 0.05) is 12.1 Å². The molecule has 0 aliphatic rings. The van der Waals surface area contributed by atoms with Crippen LogP contribution >= 0.6 is 0 Å². The quantitative estimate of drug-likeness (QED) is 0.935. The van der Waals surface area contributed by atoms with Crippen molar-refractivity contribution in [3.8, 4) is 11.8 Å². The monoisotopic (exact) mass is 296 g/mol. The van der Waals surface area contributed by atoms with E-state index < -0.39 is 0 Å². The van der Waals surface area contributed by atoms with Crippen LogP contribution in [0.1, 0.15) is 37.6 Å². The van der Waals surface area contributed by atoms with Crippen LogP contribution in [0.3, 0.4) is 0 Å². The largest absolute Gasteiger partial charge is 0.488 e. The van der Waals surface area contributed by atoms with E-state index in [1.54, 1.807) is 6.20 Å². The first kappa shape index (κ1) is 15.8. The van der Waals surface area contributed by atoms with Gasteiger partial charge in [-0.2, -0.15) is 5.26 Å². The highest BCUT2D eigenvalue weighted by molar-refractivity contribution is 5.41. The molecule has 0 fully saturated rings. The smallest absolute Gasteiger partial charge is 0.158 e. The minimum Gasteiger partial charge on any atom is -0.488 e. The average molecular weight is 296 g/mol. The number of benzene rings is 1. The number of nitrogens with zero attached hydrogens (tertiary/aromatic N) is 3. The van der Waals surface area contributed by atoms with E-state index in [-0.39, 0.29) is 5.60 Å². The zero-order valence-electron chi connectivity index (χ0n) is 13.3. The van der Waals surface area contributed by atoms with Crippen molar-refractivity contribution in [2.75, 3.05) is 5.32 Å². The molecule has 1 aromatic heterocycles. The molecule has 0 aliphatic heterocycles. The van der Waals surface area contributed by atoms with Gasteiger partial charge in [0.05, 0.1) is 12.4 Å². The molecule has 0 spiro atoms. The van der Waals surface area contributed by atoms with Crippen LogP contribution in [0.25, 0.3) is 0 Å². The van der Waals surface area contributed by atoms with Gasteiger partial charge in [0.2, 0.25) is 0 Å². The summed E-state index contributed by atoms with van der Waals surface area (Å²) in [6.45, 7) is 8.70. The van der Waals surface area contributed by atoms with Gasteiger partial charge in [0.1, 0.15) is 23.2 Å². The molecule has 0 bridgehead atoms. The first-order valence-electron chi connectivity index (χ1n) is 7.12. The van der Waals surface area contributed by atoms with E-state index in [1.165, 1.54) is 6.20 Å². The van der Waals surface area contributed by atoms with Gasteiger partial charge in [-0.1, -0.05) is 12.1 Å². The van der Waals surface area contributed by atoms with Crippen LogP contribution in [0.2, 0.25) is 0 Å². The van der Waals surface area contributed by atoms with Crippen molar-refractivity contribution in [3.05, 3.63) is 47.4 Å². The van der Waals surface area contributed by atoms with Gasteiger partial charge in [0.15, 0.2) is 5.69 Å². The Labute approximate surface area is 131 Å². The first-order valence-corrected chi connectivity index (χ1v) is 7.12. The van der Waals surface area contributed by atoms with Crippen molar-refractivity contribution in [3.63, 3.8) is 0 Å². The van der Waals surface area contributed by atoms with Crippen LogP contribution in [-0.4, -0.2) is 15.6 Å². The zero-order chi connectivity index (χ0) is 16.2. The van der Waals surface area contributed by atoms with E-state index in [0.717, 1.165) is 16.9 Å². The second-order valence-electron chi connectivity index (χ2n) is 6.08. The fourth-order valence-corrected chi connectivity index (χ4v) is 1.90. The number of aryl methyl sites for hydroxylation is 1. The molecular formula is C17H20N4O. The molecule has 0 saturated carbocycles. The van der Waals surface area contributed by atoms with Crippen molar-refractivity contribution in [2.45, 2.75) is 39.8 Å². The second-order valence-corrected chi connectivity index (χ2v) is 6.08. The molecular weight excluding hydrogens is 276 g/mol. The molecule has 2 rings (SSSR count). The lowest BCUT2D eigenvalue weighted by atomic mass is 10.1. The molecule has 0 aliphatic carbocycles. The number of hydrogen-bond donors (Lipinski definition) is 1. The SMILES string of the molecule is Cc1ccc(CNc2cnc(C#N)cn2)c(OC(C)(C)C)c1. The summed E-state index contributed by atoms with van der Waals surface area (Å²) in [7, 11) is 0. The molecule has 22 heavy (non-hydrogen) atoms. The van der Waals surface area contributed by atoms with Crippen LogP contribution in [0, 0.1) is 18.3 Å². The van der Waals surface area contributed by atoms with Gasteiger partial charge in [-0.15, -0.1) is 0 Å². The number of hydrogen-bond acceptors (Lipinski definition) is 5. The molecule has 0 atom stereocenters. The normalized spacial score (nSPS) is 10.9. The third kappa shape index (κ3) is 4.45. The summed E-state index contributed by atoms with van der Waals surface area (Å²) in [5.74, 6) is 1.49. The minimum absolute atomic E-state index is 0.253. The molecule has 114 valence electrons. The number of nitriles is 1. The maximum Gasteiger partial charge on any atom is 0.158 e. The fraction of sp³-hybridized carbons (Fsp3) is 0.353. The molecule has 1 N–H and O–H groups in total. The standard InChI is InChI=1S/C17H20N4O/c1-12-5-6-13(15(7-12)22-17(2,3)4)9-20-16-11-19-14(8-18)10-21-16/h5-7,10-11H,9H2,1-4H3,(H,20,21). The number of aromatic nitrogens is 2. The lowest BCUT2D eigenvalue weighted by Crippen LogP contribution is -2.24. The summed E-state index contributed by atoms with van der Waals surface area (Å²) in [6.07, 6.45) is 3.00. The van der Waals surface area contributed by atoms with E-state index in [9.17, 15) is 0 Å². The predicted octanol–water partition coefficient (Wildman–Crippen LogP) is 3.45. The summed E-state index contributed by atoms with van der Waals surface area (Å²) in [4.78, 5) is 8.14. The predicted molar refractivity (Wildman–Crippen MR) is 85.6 cm³/mol. The van der Waals surface area contributed by atoms with Gasteiger partial charge in [0.25, 0.3) is 0 Å². The highest BCUT2D eigenvalue weighted by atomic mass is 16.5. The Bertz CT molecular complexity index is 681. The summed E-state index contributed by atoms with van der Waals surface area (Å²) in [6, 6.07) is 8.08. The van der Waals surface area contributed by atoms with Crippen LogP contribution in [0.5, 0.6) is 5.75 Å². The van der Waals surface area contributed by atoms with E-state index in [2.05, 4.69) is 21.4 Å². The summed E-state index contributed by atoms with van der Waals surface area (Å²) in [5, 5.41) is 11.9. The van der Waals surface area contributed by atoms with Gasteiger partial charge in [-0.25, -0.2) is 9.97 Å². The number of ether oxygens (including phenoxy) is 1. The van der Waals surface area contributed by atoms with Gasteiger partial charge < -0.3 is 10.1 Å². The van der Waals surface area contributed by atoms with Crippen LogP contribution in [0.15, 0.2) is 30.6 Å². The Morgan fingerprint density at radius 2 is 2.00 bits per heavy atom. The van der Waals surface area contributed by atoms with Crippen molar-refractivity contribution >= 4 is 5.82 Å². The molecule has 5 heteroatoms. The first-order chi connectivity index (χ1) is 10.4. The maximum atomic E-state index is 8.72. The third-order valence-corrected chi connectivity index (χ3v) is 2.87. The summed E-state index contributed by atoms with van der Waals surface area (Å²) in [5.41, 5.74) is 2.25. The third-order valence-electron chi connectivity index (χ3n) is 2.87. The number of nitrogens with one attached hydrogen (secondary N) is 1. The molecule has 0 amide bonds. The van der Waals surface area contributed by atoms with E-state index >= 15 is 0 Å². The zero-order valence-corrected chi connectivity index (χ0v) is 13.3. The van der Waals surface area contributed by atoms with E-state index in [0.29, 0.717) is 18.1 Å². The second kappa shape index (κ2) is 6.44. The molecule has 1 aromatic carbocycles.